The van der Waals surface area contributed by atoms with Crippen LogP contribution in [0.1, 0.15) is 28.6 Å². The minimum atomic E-state index is -0.522. The van der Waals surface area contributed by atoms with Crippen molar-refractivity contribution in [1.82, 2.24) is 9.55 Å². The summed E-state index contributed by atoms with van der Waals surface area (Å²) in [5.41, 5.74) is 4.38. The van der Waals surface area contributed by atoms with Crippen LogP contribution in [0.25, 0.3) is 0 Å². The standard InChI is InChI=1S/C21H20FN5O/c1-12-4-9-17(13(2)10-12)24-20-25-19(15-5-7-16(22)8-6-15)27-18(28)11-14(3)23-21(27)26-20/h4-11,19H,1-3H3,(H2,23,24,25,26)/p+1/t19-/m0/s1. The van der Waals surface area contributed by atoms with Crippen molar-refractivity contribution in [3.63, 3.8) is 0 Å². The molecule has 1 aromatic heterocycles. The van der Waals surface area contributed by atoms with Crippen LogP contribution in [-0.4, -0.2) is 15.5 Å². The van der Waals surface area contributed by atoms with E-state index in [0.29, 0.717) is 17.6 Å². The molecule has 1 aliphatic heterocycles. The molecule has 1 atom stereocenters. The number of hydrogen-bond donors (Lipinski definition) is 3. The van der Waals surface area contributed by atoms with Gasteiger partial charge in [-0.15, -0.1) is 0 Å². The number of benzene rings is 2. The fourth-order valence-corrected chi connectivity index (χ4v) is 3.33. The van der Waals surface area contributed by atoms with Gasteiger partial charge in [0.05, 0.1) is 0 Å². The second kappa shape index (κ2) is 6.92. The fourth-order valence-electron chi connectivity index (χ4n) is 3.33. The predicted molar refractivity (Wildman–Crippen MR) is 107 cm³/mol. The van der Waals surface area contributed by atoms with Crippen LogP contribution in [0.2, 0.25) is 0 Å². The lowest BCUT2D eigenvalue weighted by Crippen LogP contribution is -2.82. The van der Waals surface area contributed by atoms with Gasteiger partial charge >= 0.3 is 5.96 Å². The van der Waals surface area contributed by atoms with Crippen molar-refractivity contribution in [1.29, 1.82) is 0 Å². The number of aryl methyl sites for hydroxylation is 3. The van der Waals surface area contributed by atoms with Gasteiger partial charge in [0.25, 0.3) is 11.5 Å². The highest BCUT2D eigenvalue weighted by atomic mass is 19.1. The number of aromatic nitrogens is 2. The number of halogens is 1. The topological polar surface area (TPSA) is 72.9 Å². The van der Waals surface area contributed by atoms with Gasteiger partial charge in [-0.05, 0) is 44.5 Å². The molecule has 3 aromatic rings. The quantitative estimate of drug-likeness (QED) is 0.636. The summed E-state index contributed by atoms with van der Waals surface area (Å²) < 4.78 is 14.9. The van der Waals surface area contributed by atoms with Gasteiger partial charge in [0, 0.05) is 17.3 Å². The number of nitrogens with one attached hydrogen (secondary N) is 3. The number of fused-ring (bicyclic) bond motifs is 1. The van der Waals surface area contributed by atoms with Crippen molar-refractivity contribution < 1.29 is 9.38 Å². The number of rotatable bonds is 2. The average molecular weight is 378 g/mol. The third-order valence-electron chi connectivity index (χ3n) is 4.68. The van der Waals surface area contributed by atoms with Crippen LogP contribution in [0, 0.1) is 26.6 Å². The summed E-state index contributed by atoms with van der Waals surface area (Å²) in [5.74, 6) is 0.689. The summed E-state index contributed by atoms with van der Waals surface area (Å²) in [7, 11) is 0. The van der Waals surface area contributed by atoms with E-state index in [9.17, 15) is 9.18 Å². The molecule has 0 bridgehead atoms. The van der Waals surface area contributed by atoms with Crippen molar-refractivity contribution in [3.05, 3.63) is 87.1 Å². The van der Waals surface area contributed by atoms with E-state index in [1.807, 2.05) is 26.0 Å². The van der Waals surface area contributed by atoms with Crippen LogP contribution in [0.4, 0.5) is 16.0 Å². The summed E-state index contributed by atoms with van der Waals surface area (Å²) in [4.78, 5) is 20.4. The van der Waals surface area contributed by atoms with Crippen molar-refractivity contribution >= 4 is 17.6 Å². The number of guanidine groups is 1. The molecule has 0 radical (unpaired) electrons. The third-order valence-corrected chi connectivity index (χ3v) is 4.68. The van der Waals surface area contributed by atoms with E-state index >= 15 is 0 Å². The van der Waals surface area contributed by atoms with Gasteiger partial charge in [-0.25, -0.2) is 24.6 Å². The first-order chi connectivity index (χ1) is 13.4. The SMILES string of the molecule is Cc1ccc(NC2=[NH+][C@H](c3ccc(F)cc3)n3c(nc(C)cc3=O)N2)c(C)c1. The zero-order valence-electron chi connectivity index (χ0n) is 15.9. The Balaban J connectivity index is 1.80. The van der Waals surface area contributed by atoms with Crippen LogP contribution in [0.15, 0.2) is 53.3 Å². The molecule has 0 unspecified atom stereocenters. The molecule has 6 nitrogen and oxygen atoms in total. The van der Waals surface area contributed by atoms with Gasteiger partial charge in [0.2, 0.25) is 0 Å². The molecular formula is C21H21FN5O+. The molecule has 0 spiro atoms. The molecule has 3 N–H and O–H groups in total. The van der Waals surface area contributed by atoms with E-state index in [1.165, 1.54) is 28.3 Å². The maximum Gasteiger partial charge on any atom is 0.357 e. The van der Waals surface area contributed by atoms with E-state index in [4.69, 9.17) is 0 Å². The molecule has 7 heteroatoms. The maximum absolute atomic E-state index is 13.4. The van der Waals surface area contributed by atoms with Crippen molar-refractivity contribution in [2.75, 3.05) is 10.6 Å². The maximum atomic E-state index is 13.4. The Bertz CT molecular complexity index is 1130. The van der Waals surface area contributed by atoms with Crippen molar-refractivity contribution in [3.8, 4) is 0 Å². The lowest BCUT2D eigenvalue weighted by atomic mass is 10.1. The van der Waals surface area contributed by atoms with E-state index in [0.717, 1.165) is 16.8 Å². The van der Waals surface area contributed by atoms with Crippen LogP contribution < -0.4 is 21.2 Å². The molecule has 28 heavy (non-hydrogen) atoms. The molecule has 0 aliphatic carbocycles. The highest BCUT2D eigenvalue weighted by Gasteiger charge is 2.29. The lowest BCUT2D eigenvalue weighted by molar-refractivity contribution is -0.520. The van der Waals surface area contributed by atoms with Gasteiger partial charge in [-0.1, -0.05) is 29.8 Å². The smallest absolute Gasteiger partial charge is 0.269 e. The Morgan fingerprint density at radius 3 is 2.57 bits per heavy atom. The molecule has 4 rings (SSSR count). The molecular weight excluding hydrogens is 357 g/mol. The normalized spacial score (nSPS) is 15.4. The van der Waals surface area contributed by atoms with E-state index in [2.05, 4.69) is 26.7 Å². The summed E-state index contributed by atoms with van der Waals surface area (Å²) in [6.07, 6.45) is -0.522. The fraction of sp³-hybridized carbons (Fsp3) is 0.190. The average Bonchev–Trinajstić information content (AvgIpc) is 2.63. The molecule has 0 saturated heterocycles. The molecule has 0 saturated carbocycles. The predicted octanol–water partition coefficient (Wildman–Crippen LogP) is 1.83. The molecule has 1 aliphatic rings. The van der Waals surface area contributed by atoms with Crippen molar-refractivity contribution in [2.24, 2.45) is 0 Å². The largest absolute Gasteiger partial charge is 0.357 e. The monoisotopic (exact) mass is 378 g/mol. The molecule has 0 amide bonds. The number of anilines is 2. The Hall–Kier alpha value is -3.48. The first-order valence-corrected chi connectivity index (χ1v) is 9.01. The molecule has 2 aromatic carbocycles. The van der Waals surface area contributed by atoms with Crippen LogP contribution in [0.5, 0.6) is 0 Å². The summed E-state index contributed by atoms with van der Waals surface area (Å²) in [6, 6.07) is 13.7. The summed E-state index contributed by atoms with van der Waals surface area (Å²) >= 11 is 0. The Morgan fingerprint density at radius 2 is 1.86 bits per heavy atom. The molecule has 0 fully saturated rings. The van der Waals surface area contributed by atoms with E-state index in [1.54, 1.807) is 19.1 Å². The van der Waals surface area contributed by atoms with Gasteiger partial charge in [-0.2, -0.15) is 0 Å². The van der Waals surface area contributed by atoms with Crippen molar-refractivity contribution in [2.45, 2.75) is 26.9 Å². The summed E-state index contributed by atoms with van der Waals surface area (Å²) in [5, 5.41) is 6.48. The Labute approximate surface area is 161 Å². The molecule has 2 heterocycles. The first kappa shape index (κ1) is 17.9. The minimum absolute atomic E-state index is 0.192. The number of hydrogen-bond acceptors (Lipinski definition) is 4. The van der Waals surface area contributed by atoms with E-state index in [-0.39, 0.29) is 11.4 Å². The van der Waals surface area contributed by atoms with Gasteiger partial charge in [-0.3, -0.25) is 9.79 Å². The second-order valence-electron chi connectivity index (χ2n) is 6.97. The van der Waals surface area contributed by atoms with Crippen LogP contribution >= 0.6 is 0 Å². The van der Waals surface area contributed by atoms with E-state index < -0.39 is 6.17 Å². The second-order valence-corrected chi connectivity index (χ2v) is 6.97. The van der Waals surface area contributed by atoms with Gasteiger partial charge in [0.15, 0.2) is 6.17 Å². The first-order valence-electron chi connectivity index (χ1n) is 9.01. The Kier molecular flexibility index (Phi) is 4.43. The zero-order valence-corrected chi connectivity index (χ0v) is 15.9. The highest BCUT2D eigenvalue weighted by Crippen LogP contribution is 2.19. The lowest BCUT2D eigenvalue weighted by Gasteiger charge is -2.23. The highest BCUT2D eigenvalue weighted by molar-refractivity contribution is 5.99. The number of nitrogens with zero attached hydrogens (tertiary/aromatic N) is 2. The van der Waals surface area contributed by atoms with Crippen LogP contribution in [-0.2, 0) is 0 Å². The summed E-state index contributed by atoms with van der Waals surface area (Å²) in [6.45, 7) is 5.84. The van der Waals surface area contributed by atoms with Crippen LogP contribution in [0.3, 0.4) is 0 Å². The molecule has 142 valence electrons. The Morgan fingerprint density at radius 1 is 1.11 bits per heavy atom. The zero-order chi connectivity index (χ0) is 19.8. The van der Waals surface area contributed by atoms with Gasteiger partial charge in [0.1, 0.15) is 11.5 Å². The minimum Gasteiger partial charge on any atom is -0.269 e. The third kappa shape index (κ3) is 3.38. The van der Waals surface area contributed by atoms with Gasteiger partial charge < -0.3 is 0 Å².